The molecule has 0 spiro atoms. The van der Waals surface area contributed by atoms with E-state index in [1.54, 1.807) is 7.11 Å². The number of aliphatic hydroxyl groups excluding tert-OH is 1. The summed E-state index contributed by atoms with van der Waals surface area (Å²) in [6, 6.07) is 11.5. The van der Waals surface area contributed by atoms with Crippen molar-refractivity contribution in [3.8, 4) is 5.75 Å². The van der Waals surface area contributed by atoms with E-state index in [9.17, 15) is 5.11 Å². The van der Waals surface area contributed by atoms with Gasteiger partial charge in [-0.2, -0.15) is 0 Å². The number of benzene rings is 2. The Bertz CT molecular complexity index is 932. The van der Waals surface area contributed by atoms with Gasteiger partial charge in [-0.3, -0.25) is 0 Å². The maximum absolute atomic E-state index is 10.5. The molecule has 0 amide bonds. The summed E-state index contributed by atoms with van der Waals surface area (Å²) in [6.07, 6.45) is -0.471. The summed E-state index contributed by atoms with van der Waals surface area (Å²) < 4.78 is 5.38. The average molecular weight is 424 g/mol. The largest absolute Gasteiger partial charge is 0.497 e. The predicted molar refractivity (Wildman–Crippen MR) is 120 cm³/mol. The lowest BCUT2D eigenvalue weighted by molar-refractivity contribution is 0.128. The van der Waals surface area contributed by atoms with Crippen LogP contribution in [0.15, 0.2) is 36.4 Å². The number of nitrogens with one attached hydrogen (secondary N) is 1. The van der Waals surface area contributed by atoms with Crippen molar-refractivity contribution in [2.24, 2.45) is 0 Å². The predicted octanol–water partition coefficient (Wildman–Crippen LogP) is 4.59. The van der Waals surface area contributed by atoms with Crippen LogP contribution in [0.2, 0.25) is 5.02 Å². The van der Waals surface area contributed by atoms with Gasteiger partial charge in [0.1, 0.15) is 5.75 Å². The topological polar surface area (TPSA) is 57.6 Å². The summed E-state index contributed by atoms with van der Waals surface area (Å²) in [6.45, 7) is 7.13. The van der Waals surface area contributed by atoms with E-state index in [1.807, 2.05) is 36.4 Å². The first-order chi connectivity index (χ1) is 13.0. The highest BCUT2D eigenvalue weighted by Gasteiger charge is 2.14. The van der Waals surface area contributed by atoms with E-state index in [-0.39, 0.29) is 12.4 Å². The highest BCUT2D eigenvalue weighted by molar-refractivity contribution is 6.31. The second kappa shape index (κ2) is 10.1. The van der Waals surface area contributed by atoms with Crippen molar-refractivity contribution >= 4 is 51.5 Å². The summed E-state index contributed by atoms with van der Waals surface area (Å²) in [5.41, 5.74) is 2.61. The molecule has 0 bridgehead atoms. The van der Waals surface area contributed by atoms with E-state index >= 15 is 0 Å². The van der Waals surface area contributed by atoms with Crippen LogP contribution < -0.4 is 10.1 Å². The molecule has 2 aromatic carbocycles. The zero-order valence-corrected chi connectivity index (χ0v) is 18.0. The molecular formula is C21H27Cl2N3O2. The van der Waals surface area contributed by atoms with Crippen molar-refractivity contribution in [3.63, 3.8) is 0 Å². The molecule has 7 heteroatoms. The Morgan fingerprint density at radius 2 is 1.86 bits per heavy atom. The summed E-state index contributed by atoms with van der Waals surface area (Å²) in [5.74, 6) is 0.768. The fourth-order valence-corrected chi connectivity index (χ4v) is 3.44. The number of fused-ring (bicyclic) bond motifs is 2. The number of aromatic nitrogens is 1. The van der Waals surface area contributed by atoms with Crippen LogP contribution in [0.25, 0.3) is 21.8 Å². The molecule has 28 heavy (non-hydrogen) atoms. The van der Waals surface area contributed by atoms with Crippen LogP contribution in [0.5, 0.6) is 5.75 Å². The summed E-state index contributed by atoms with van der Waals surface area (Å²) in [4.78, 5) is 6.93. The molecule has 152 valence electrons. The first-order valence-electron chi connectivity index (χ1n) is 9.27. The molecule has 0 saturated carbocycles. The van der Waals surface area contributed by atoms with Gasteiger partial charge in [-0.15, -0.1) is 12.4 Å². The van der Waals surface area contributed by atoms with Crippen molar-refractivity contribution in [1.82, 2.24) is 9.88 Å². The van der Waals surface area contributed by atoms with Gasteiger partial charge in [0.05, 0.1) is 29.9 Å². The van der Waals surface area contributed by atoms with Crippen LogP contribution >= 0.6 is 24.0 Å². The summed E-state index contributed by atoms with van der Waals surface area (Å²) in [7, 11) is 1.65. The number of hydrogen-bond acceptors (Lipinski definition) is 5. The fourth-order valence-electron chi connectivity index (χ4n) is 3.28. The van der Waals surface area contributed by atoms with Crippen LogP contribution in [0.1, 0.15) is 13.8 Å². The van der Waals surface area contributed by atoms with Crippen LogP contribution in [0.3, 0.4) is 0 Å². The van der Waals surface area contributed by atoms with Gasteiger partial charge < -0.3 is 20.1 Å². The van der Waals surface area contributed by atoms with Gasteiger partial charge in [-0.25, -0.2) is 4.98 Å². The molecule has 1 heterocycles. The lowest BCUT2D eigenvalue weighted by Crippen LogP contribution is -2.36. The van der Waals surface area contributed by atoms with Crippen molar-refractivity contribution in [3.05, 3.63) is 41.4 Å². The third-order valence-corrected chi connectivity index (χ3v) is 5.06. The van der Waals surface area contributed by atoms with Crippen LogP contribution in [-0.2, 0) is 0 Å². The van der Waals surface area contributed by atoms with E-state index in [2.05, 4.69) is 24.1 Å². The van der Waals surface area contributed by atoms with Gasteiger partial charge in [0.15, 0.2) is 0 Å². The van der Waals surface area contributed by atoms with Crippen molar-refractivity contribution in [1.29, 1.82) is 0 Å². The molecule has 0 radical (unpaired) electrons. The molecule has 3 rings (SSSR count). The second-order valence-corrected chi connectivity index (χ2v) is 6.99. The minimum Gasteiger partial charge on any atom is -0.497 e. The number of nitrogens with zero attached hydrogens (tertiary/aromatic N) is 2. The first kappa shape index (κ1) is 22.5. The standard InChI is InChI=1S/C21H26ClN3O2.ClH/c1-4-25(5-2)13-15(26)12-23-21-17-8-6-14(22)10-20(17)24-19-9-7-16(27-3)11-18(19)21;/h6-11,15,26H,4-5,12-13H2,1-3H3,(H,23,24);1H. The number of hydrogen-bond donors (Lipinski definition) is 2. The second-order valence-electron chi connectivity index (χ2n) is 6.55. The van der Waals surface area contributed by atoms with Gasteiger partial charge in [0.2, 0.25) is 0 Å². The van der Waals surface area contributed by atoms with Gasteiger partial charge in [0.25, 0.3) is 0 Å². The number of anilines is 1. The molecule has 1 unspecified atom stereocenters. The molecule has 0 aliphatic carbocycles. The van der Waals surface area contributed by atoms with E-state index in [0.29, 0.717) is 18.1 Å². The Morgan fingerprint density at radius 1 is 1.11 bits per heavy atom. The van der Waals surface area contributed by atoms with Crippen LogP contribution in [0, 0.1) is 0 Å². The number of methoxy groups -OCH3 is 1. The lowest BCUT2D eigenvalue weighted by Gasteiger charge is -2.23. The Hall–Kier alpha value is -1.79. The number of rotatable bonds is 8. The molecule has 0 aliphatic heterocycles. The average Bonchev–Trinajstić information content (AvgIpc) is 2.68. The zero-order chi connectivity index (χ0) is 19.4. The smallest absolute Gasteiger partial charge is 0.119 e. The van der Waals surface area contributed by atoms with E-state index in [1.165, 1.54) is 0 Å². The maximum Gasteiger partial charge on any atom is 0.119 e. The summed E-state index contributed by atoms with van der Waals surface area (Å²) >= 11 is 6.16. The van der Waals surface area contributed by atoms with Gasteiger partial charge in [-0.05, 0) is 49.5 Å². The Kier molecular flexibility index (Phi) is 8.13. The normalized spacial score (nSPS) is 12.2. The molecule has 3 aromatic rings. The zero-order valence-electron chi connectivity index (χ0n) is 16.4. The highest BCUT2D eigenvalue weighted by Crippen LogP contribution is 2.34. The number of pyridine rings is 1. The Balaban J connectivity index is 0.00000280. The SMILES string of the molecule is CCN(CC)CC(O)CNc1c2ccc(Cl)cc2nc2ccc(OC)cc12.Cl. The van der Waals surface area contributed by atoms with Crippen LogP contribution in [0.4, 0.5) is 5.69 Å². The minimum atomic E-state index is -0.471. The van der Waals surface area contributed by atoms with Gasteiger partial charge >= 0.3 is 0 Å². The number of likely N-dealkylation sites (N-methyl/N-ethyl adjacent to an activating group) is 1. The van der Waals surface area contributed by atoms with E-state index in [4.69, 9.17) is 21.3 Å². The number of aliphatic hydroxyl groups is 1. The molecule has 0 saturated heterocycles. The highest BCUT2D eigenvalue weighted by atomic mass is 35.5. The number of halogens is 2. The van der Waals surface area contributed by atoms with Gasteiger partial charge in [0, 0.05) is 28.9 Å². The molecular weight excluding hydrogens is 397 g/mol. The number of ether oxygens (including phenoxy) is 1. The first-order valence-corrected chi connectivity index (χ1v) is 9.64. The quantitative estimate of drug-likeness (QED) is 0.519. The summed E-state index contributed by atoms with van der Waals surface area (Å²) in [5, 5.41) is 16.5. The van der Waals surface area contributed by atoms with Crippen molar-refractivity contribution in [2.75, 3.05) is 38.6 Å². The van der Waals surface area contributed by atoms with Crippen LogP contribution in [-0.4, -0.2) is 54.4 Å². The van der Waals surface area contributed by atoms with Crippen molar-refractivity contribution in [2.45, 2.75) is 20.0 Å². The molecule has 2 N–H and O–H groups in total. The molecule has 5 nitrogen and oxygen atoms in total. The third-order valence-electron chi connectivity index (χ3n) is 4.82. The van der Waals surface area contributed by atoms with E-state index < -0.39 is 6.10 Å². The Morgan fingerprint density at radius 3 is 2.54 bits per heavy atom. The van der Waals surface area contributed by atoms with Crippen molar-refractivity contribution < 1.29 is 9.84 Å². The van der Waals surface area contributed by atoms with Gasteiger partial charge in [-0.1, -0.05) is 25.4 Å². The monoisotopic (exact) mass is 423 g/mol. The molecule has 0 aliphatic rings. The molecule has 1 aromatic heterocycles. The fraction of sp³-hybridized carbons (Fsp3) is 0.381. The maximum atomic E-state index is 10.5. The molecule has 1 atom stereocenters. The minimum absolute atomic E-state index is 0. The van der Waals surface area contributed by atoms with E-state index in [0.717, 1.165) is 46.3 Å². The molecule has 0 fully saturated rings. The third kappa shape index (κ3) is 4.97. The lowest BCUT2D eigenvalue weighted by atomic mass is 10.1. The Labute approximate surface area is 177 Å².